The van der Waals surface area contributed by atoms with Gasteiger partial charge in [-0.1, -0.05) is 42.2 Å². The Kier molecular flexibility index (Phi) is 8.03. The van der Waals surface area contributed by atoms with E-state index in [-0.39, 0.29) is 18.4 Å². The molecule has 0 bridgehead atoms. The van der Waals surface area contributed by atoms with Gasteiger partial charge in [-0.2, -0.15) is 0 Å². The smallest absolute Gasteiger partial charge is 0.303 e. The molecule has 6 heteroatoms. The number of hydrogen-bond donors (Lipinski definition) is 0. The lowest BCUT2D eigenvalue weighted by Gasteiger charge is -2.13. The number of carbonyl (C=O) groups excluding carboxylic acids is 1. The molecule has 4 aromatic rings. The second-order valence-corrected chi connectivity index (χ2v) is 8.02. The summed E-state index contributed by atoms with van der Waals surface area (Å²) in [5.41, 5.74) is 4.80. The summed E-state index contributed by atoms with van der Waals surface area (Å²) in [5, 5.41) is 0. The fraction of sp³-hybridized carbons (Fsp3) is 0.207. The van der Waals surface area contributed by atoms with Crippen molar-refractivity contribution >= 4 is 5.97 Å². The second-order valence-electron chi connectivity index (χ2n) is 8.02. The summed E-state index contributed by atoms with van der Waals surface area (Å²) in [6.45, 7) is 2.14. The standard InChI is InChI=1S/C29H26FN3O2/c1-22(34)35-21-6-5-11-27-32-28(24-12-14-26(30)15-13-24)29(25-16-18-31-19-17-25)33(27)20-7-10-23-8-3-2-4-9-23/h2-4,8-9,12-19H,7,10-11,20-21H2,1H3. The molecule has 0 aliphatic heterocycles. The molecule has 176 valence electrons. The number of benzene rings is 2. The number of carbonyl (C=O) groups is 1. The number of imidazole rings is 1. The molecule has 2 aromatic carbocycles. The number of rotatable bonds is 8. The Morgan fingerprint density at radius 2 is 1.71 bits per heavy atom. The molecule has 2 heterocycles. The van der Waals surface area contributed by atoms with E-state index in [2.05, 4.69) is 33.5 Å². The lowest BCUT2D eigenvalue weighted by atomic mass is 10.1. The molecule has 0 fully saturated rings. The van der Waals surface area contributed by atoms with Crippen molar-refractivity contribution in [2.45, 2.75) is 32.7 Å². The van der Waals surface area contributed by atoms with Crippen molar-refractivity contribution in [2.75, 3.05) is 6.61 Å². The maximum atomic E-state index is 13.6. The normalized spacial score (nSPS) is 10.5. The quantitative estimate of drug-likeness (QED) is 0.254. The Hall–Kier alpha value is -4.24. The Labute approximate surface area is 204 Å². The molecule has 0 atom stereocenters. The van der Waals surface area contributed by atoms with Gasteiger partial charge >= 0.3 is 5.97 Å². The number of ether oxygens (including phenoxy) is 1. The van der Waals surface area contributed by atoms with E-state index in [0.29, 0.717) is 6.42 Å². The molecule has 2 aromatic heterocycles. The summed E-state index contributed by atoms with van der Waals surface area (Å²) in [7, 11) is 0. The number of aryl methyl sites for hydroxylation is 1. The first-order valence-electron chi connectivity index (χ1n) is 11.5. The third-order valence-electron chi connectivity index (χ3n) is 5.53. The maximum Gasteiger partial charge on any atom is 0.303 e. The summed E-state index contributed by atoms with van der Waals surface area (Å²) in [4.78, 5) is 20.1. The fourth-order valence-electron chi connectivity index (χ4n) is 3.90. The number of hydrogen-bond acceptors (Lipinski definition) is 4. The summed E-state index contributed by atoms with van der Waals surface area (Å²) < 4.78 is 20.8. The Morgan fingerprint density at radius 3 is 2.43 bits per heavy atom. The summed E-state index contributed by atoms with van der Waals surface area (Å²) in [5.74, 6) is 6.11. The van der Waals surface area contributed by atoms with Crippen LogP contribution in [0, 0.1) is 17.7 Å². The van der Waals surface area contributed by atoms with Gasteiger partial charge in [-0.3, -0.25) is 9.78 Å². The van der Waals surface area contributed by atoms with Crippen LogP contribution in [0.2, 0.25) is 0 Å². The Bertz CT molecular complexity index is 1320. The predicted molar refractivity (Wildman–Crippen MR) is 134 cm³/mol. The van der Waals surface area contributed by atoms with E-state index in [9.17, 15) is 9.18 Å². The molecule has 0 saturated heterocycles. The molecule has 0 amide bonds. The molecule has 0 aliphatic rings. The van der Waals surface area contributed by atoms with Gasteiger partial charge in [-0.05, 0) is 54.8 Å². The Morgan fingerprint density at radius 1 is 0.971 bits per heavy atom. The lowest BCUT2D eigenvalue weighted by molar-refractivity contribution is -0.139. The number of nitrogens with zero attached hydrogens (tertiary/aromatic N) is 3. The summed E-state index contributed by atoms with van der Waals surface area (Å²) >= 11 is 0. The van der Waals surface area contributed by atoms with Gasteiger partial charge in [0.15, 0.2) is 6.61 Å². The largest absolute Gasteiger partial charge is 0.453 e. The van der Waals surface area contributed by atoms with E-state index in [1.807, 2.05) is 30.3 Å². The van der Waals surface area contributed by atoms with Gasteiger partial charge in [0, 0.05) is 37.0 Å². The minimum absolute atomic E-state index is 0.0477. The van der Waals surface area contributed by atoms with E-state index < -0.39 is 0 Å². The van der Waals surface area contributed by atoms with Crippen molar-refractivity contribution in [2.24, 2.45) is 0 Å². The van der Waals surface area contributed by atoms with E-state index in [1.54, 1.807) is 24.5 Å². The molecular weight excluding hydrogens is 441 g/mol. The number of pyridine rings is 1. The highest BCUT2D eigenvalue weighted by atomic mass is 19.1. The number of halogens is 1. The molecule has 0 N–H and O–H groups in total. The van der Waals surface area contributed by atoms with Crippen molar-refractivity contribution in [3.05, 3.63) is 96.3 Å². The van der Waals surface area contributed by atoms with E-state index in [4.69, 9.17) is 9.72 Å². The first kappa shape index (κ1) is 23.9. The van der Waals surface area contributed by atoms with Crippen LogP contribution in [0.3, 0.4) is 0 Å². The minimum atomic E-state index is -0.361. The summed E-state index contributed by atoms with van der Waals surface area (Å²) in [6, 6.07) is 20.6. The van der Waals surface area contributed by atoms with Crippen LogP contribution >= 0.6 is 0 Å². The highest BCUT2D eigenvalue weighted by Gasteiger charge is 2.19. The summed E-state index contributed by atoms with van der Waals surface area (Å²) in [6.07, 6.45) is 5.74. The lowest BCUT2D eigenvalue weighted by Crippen LogP contribution is -2.07. The molecule has 0 spiro atoms. The molecule has 35 heavy (non-hydrogen) atoms. The van der Waals surface area contributed by atoms with Crippen LogP contribution in [0.5, 0.6) is 0 Å². The van der Waals surface area contributed by atoms with Crippen LogP contribution in [-0.2, 0) is 28.9 Å². The first-order valence-corrected chi connectivity index (χ1v) is 11.5. The zero-order chi connectivity index (χ0) is 24.5. The molecule has 0 saturated carbocycles. The van der Waals surface area contributed by atoms with Gasteiger partial charge in [0.1, 0.15) is 11.6 Å². The highest BCUT2D eigenvalue weighted by molar-refractivity contribution is 5.79. The minimum Gasteiger partial charge on any atom is -0.453 e. The number of esters is 1. The molecule has 0 radical (unpaired) electrons. The van der Waals surface area contributed by atoms with Crippen LogP contribution in [0.4, 0.5) is 4.39 Å². The van der Waals surface area contributed by atoms with Gasteiger partial charge in [0.25, 0.3) is 0 Å². The first-order chi connectivity index (χ1) is 17.1. The SMILES string of the molecule is CC(=O)OCC#CCc1nc(-c2ccc(F)cc2)c(-c2ccncc2)n1CCCc1ccccc1. The zero-order valence-corrected chi connectivity index (χ0v) is 19.6. The van der Waals surface area contributed by atoms with Gasteiger partial charge in [0.2, 0.25) is 0 Å². The Balaban J connectivity index is 1.72. The van der Waals surface area contributed by atoms with Crippen LogP contribution in [0.25, 0.3) is 22.5 Å². The molecule has 0 aliphatic carbocycles. The number of aromatic nitrogens is 3. The zero-order valence-electron chi connectivity index (χ0n) is 19.6. The highest BCUT2D eigenvalue weighted by Crippen LogP contribution is 2.33. The average molecular weight is 468 g/mol. The van der Waals surface area contributed by atoms with E-state index in [0.717, 1.165) is 47.7 Å². The van der Waals surface area contributed by atoms with Crippen molar-refractivity contribution in [3.8, 4) is 34.4 Å². The molecule has 4 rings (SSSR count). The fourth-order valence-corrected chi connectivity index (χ4v) is 3.90. The van der Waals surface area contributed by atoms with Crippen molar-refractivity contribution in [1.29, 1.82) is 0 Å². The average Bonchev–Trinajstić information content (AvgIpc) is 3.23. The van der Waals surface area contributed by atoms with Crippen LogP contribution < -0.4 is 0 Å². The van der Waals surface area contributed by atoms with E-state index >= 15 is 0 Å². The maximum absolute atomic E-state index is 13.6. The monoisotopic (exact) mass is 467 g/mol. The van der Waals surface area contributed by atoms with Gasteiger partial charge in [-0.15, -0.1) is 0 Å². The van der Waals surface area contributed by atoms with Crippen LogP contribution in [-0.4, -0.2) is 27.1 Å². The van der Waals surface area contributed by atoms with Crippen LogP contribution in [0.1, 0.15) is 24.7 Å². The van der Waals surface area contributed by atoms with Gasteiger partial charge in [0.05, 0.1) is 17.8 Å². The van der Waals surface area contributed by atoms with Crippen molar-refractivity contribution in [1.82, 2.24) is 14.5 Å². The third-order valence-corrected chi connectivity index (χ3v) is 5.53. The van der Waals surface area contributed by atoms with E-state index in [1.165, 1.54) is 24.6 Å². The topological polar surface area (TPSA) is 57.0 Å². The van der Waals surface area contributed by atoms with Gasteiger partial charge in [-0.25, -0.2) is 9.37 Å². The second kappa shape index (κ2) is 11.8. The van der Waals surface area contributed by atoms with Crippen molar-refractivity contribution < 1.29 is 13.9 Å². The van der Waals surface area contributed by atoms with Crippen molar-refractivity contribution in [3.63, 3.8) is 0 Å². The third kappa shape index (κ3) is 6.42. The molecule has 0 unspecified atom stereocenters. The van der Waals surface area contributed by atoms with Gasteiger partial charge < -0.3 is 9.30 Å². The molecule has 5 nitrogen and oxygen atoms in total. The molecular formula is C29H26FN3O2. The predicted octanol–water partition coefficient (Wildman–Crippen LogP) is 5.49. The van der Waals surface area contributed by atoms with Crippen LogP contribution in [0.15, 0.2) is 79.1 Å².